The summed E-state index contributed by atoms with van der Waals surface area (Å²) in [5.74, 6) is 2.73. The van der Waals surface area contributed by atoms with Crippen molar-refractivity contribution in [1.82, 2.24) is 5.32 Å². The third kappa shape index (κ3) is 5.19. The molecule has 1 N–H and O–H groups in total. The lowest BCUT2D eigenvalue weighted by atomic mass is 9.80. The molecule has 0 radical (unpaired) electrons. The molecule has 0 aromatic heterocycles. The first kappa shape index (κ1) is 17.2. The smallest absolute Gasteiger partial charge is 0.0406 e. The zero-order valence-corrected chi connectivity index (χ0v) is 15.0. The molecule has 4 unspecified atom stereocenters. The molecule has 0 heterocycles. The van der Waals surface area contributed by atoms with E-state index in [0.29, 0.717) is 6.04 Å². The Kier molecular flexibility index (Phi) is 6.91. The van der Waals surface area contributed by atoms with Crippen LogP contribution < -0.4 is 5.32 Å². The number of halogens is 1. The molecule has 0 saturated heterocycles. The van der Waals surface area contributed by atoms with Gasteiger partial charge in [0.25, 0.3) is 0 Å². The van der Waals surface area contributed by atoms with Crippen molar-refractivity contribution in [3.63, 3.8) is 0 Å². The Morgan fingerprint density at radius 3 is 2.57 bits per heavy atom. The summed E-state index contributed by atoms with van der Waals surface area (Å²) in [5, 5.41) is 5.34. The average molecular weight is 326 g/mol. The van der Waals surface area contributed by atoms with E-state index in [1.54, 1.807) is 0 Å². The topological polar surface area (TPSA) is 12.0 Å². The summed E-state index contributed by atoms with van der Waals surface area (Å²) in [6.07, 6.45) is 3.90. The Morgan fingerprint density at radius 2 is 1.90 bits per heavy atom. The maximum absolute atomic E-state index is 5.96. The third-order valence-electron chi connectivity index (χ3n) is 4.40. The van der Waals surface area contributed by atoms with E-state index in [4.69, 9.17) is 11.6 Å². The summed E-state index contributed by atoms with van der Waals surface area (Å²) in [4.78, 5) is 0. The minimum atomic E-state index is 0.668. The van der Waals surface area contributed by atoms with Gasteiger partial charge in [0.15, 0.2) is 0 Å². The SMILES string of the molecule is CCCNC1CC(C)CC(C)C1SCc1ccc(Cl)cc1. The van der Waals surface area contributed by atoms with Gasteiger partial charge < -0.3 is 5.32 Å². The van der Waals surface area contributed by atoms with E-state index in [-0.39, 0.29) is 0 Å². The van der Waals surface area contributed by atoms with Crippen LogP contribution in [0, 0.1) is 11.8 Å². The molecule has 0 aliphatic heterocycles. The zero-order valence-electron chi connectivity index (χ0n) is 13.4. The molecule has 21 heavy (non-hydrogen) atoms. The molecule has 1 aliphatic rings. The maximum atomic E-state index is 5.96. The summed E-state index contributed by atoms with van der Waals surface area (Å²) in [6, 6.07) is 8.97. The predicted octanol–water partition coefficient (Wildman–Crippen LogP) is 5.38. The molecule has 2 rings (SSSR count). The first-order valence-corrected chi connectivity index (χ1v) is 9.62. The van der Waals surface area contributed by atoms with Crippen molar-refractivity contribution in [3.05, 3.63) is 34.9 Å². The predicted molar refractivity (Wildman–Crippen MR) is 96.2 cm³/mol. The molecular weight excluding hydrogens is 298 g/mol. The van der Waals surface area contributed by atoms with Crippen LogP contribution in [0.25, 0.3) is 0 Å². The van der Waals surface area contributed by atoms with E-state index >= 15 is 0 Å². The van der Waals surface area contributed by atoms with Crippen LogP contribution in [0.5, 0.6) is 0 Å². The highest BCUT2D eigenvalue weighted by Crippen LogP contribution is 2.37. The van der Waals surface area contributed by atoms with Crippen LogP contribution in [0.2, 0.25) is 5.02 Å². The highest BCUT2D eigenvalue weighted by atomic mass is 35.5. The average Bonchev–Trinajstić information content (AvgIpc) is 2.45. The molecule has 1 aromatic carbocycles. The fraction of sp³-hybridized carbons (Fsp3) is 0.667. The Labute approximate surface area is 139 Å². The molecule has 0 spiro atoms. The molecule has 3 heteroatoms. The Balaban J connectivity index is 1.95. The number of hydrogen-bond acceptors (Lipinski definition) is 2. The van der Waals surface area contributed by atoms with Crippen molar-refractivity contribution >= 4 is 23.4 Å². The second-order valence-corrected chi connectivity index (χ2v) is 8.12. The molecule has 118 valence electrons. The van der Waals surface area contributed by atoms with Crippen LogP contribution in [-0.2, 0) is 5.75 Å². The van der Waals surface area contributed by atoms with Gasteiger partial charge in [0.2, 0.25) is 0 Å². The van der Waals surface area contributed by atoms with E-state index < -0.39 is 0 Å². The summed E-state index contributed by atoms with van der Waals surface area (Å²) in [7, 11) is 0. The van der Waals surface area contributed by atoms with E-state index in [9.17, 15) is 0 Å². The minimum absolute atomic E-state index is 0.668. The van der Waals surface area contributed by atoms with Gasteiger partial charge in [-0.2, -0.15) is 11.8 Å². The normalized spacial score (nSPS) is 29.5. The zero-order chi connectivity index (χ0) is 15.2. The molecule has 4 atom stereocenters. The first-order chi connectivity index (χ1) is 10.1. The standard InChI is InChI=1S/C18H28ClNS/c1-4-9-20-17-11-13(2)10-14(3)18(17)21-12-15-5-7-16(19)8-6-15/h5-8,13-14,17-18,20H,4,9-12H2,1-3H3. The molecule has 1 aromatic rings. The summed E-state index contributed by atoms with van der Waals surface area (Å²) < 4.78 is 0. The lowest BCUT2D eigenvalue weighted by Gasteiger charge is -2.40. The van der Waals surface area contributed by atoms with Gasteiger partial charge >= 0.3 is 0 Å². The Hall–Kier alpha value is -0.180. The summed E-state index contributed by atoms with van der Waals surface area (Å²) in [5.41, 5.74) is 1.38. The summed E-state index contributed by atoms with van der Waals surface area (Å²) >= 11 is 8.08. The fourth-order valence-electron chi connectivity index (χ4n) is 3.41. The molecule has 0 amide bonds. The highest BCUT2D eigenvalue weighted by Gasteiger charge is 2.33. The van der Waals surface area contributed by atoms with E-state index in [1.165, 1.54) is 24.8 Å². The van der Waals surface area contributed by atoms with Crippen molar-refractivity contribution < 1.29 is 0 Å². The van der Waals surface area contributed by atoms with Crippen molar-refractivity contribution in [2.45, 2.75) is 57.1 Å². The molecule has 1 nitrogen and oxygen atoms in total. The van der Waals surface area contributed by atoms with Crippen molar-refractivity contribution in [2.75, 3.05) is 6.54 Å². The van der Waals surface area contributed by atoms with E-state index in [0.717, 1.165) is 34.4 Å². The van der Waals surface area contributed by atoms with Crippen molar-refractivity contribution in [3.8, 4) is 0 Å². The monoisotopic (exact) mass is 325 g/mol. The van der Waals surface area contributed by atoms with Crippen LogP contribution in [0.15, 0.2) is 24.3 Å². The first-order valence-electron chi connectivity index (χ1n) is 8.19. The molecular formula is C18H28ClNS. The third-order valence-corrected chi connectivity index (χ3v) is 6.33. The van der Waals surface area contributed by atoms with Gasteiger partial charge in [-0.15, -0.1) is 0 Å². The fourth-order valence-corrected chi connectivity index (χ4v) is 4.99. The largest absolute Gasteiger partial charge is 0.313 e. The number of rotatable bonds is 6. The van der Waals surface area contributed by atoms with Gasteiger partial charge in [0.1, 0.15) is 0 Å². The van der Waals surface area contributed by atoms with Crippen LogP contribution in [0.3, 0.4) is 0 Å². The minimum Gasteiger partial charge on any atom is -0.313 e. The van der Waals surface area contributed by atoms with E-state index in [1.807, 2.05) is 12.1 Å². The van der Waals surface area contributed by atoms with Gasteiger partial charge in [-0.25, -0.2) is 0 Å². The van der Waals surface area contributed by atoms with Crippen LogP contribution in [0.1, 0.15) is 45.6 Å². The molecule has 1 aliphatic carbocycles. The number of thioether (sulfide) groups is 1. The second kappa shape index (κ2) is 8.45. The number of nitrogens with one attached hydrogen (secondary N) is 1. The van der Waals surface area contributed by atoms with Gasteiger partial charge in [-0.05, 0) is 55.3 Å². The van der Waals surface area contributed by atoms with Crippen molar-refractivity contribution in [1.29, 1.82) is 0 Å². The quantitative estimate of drug-likeness (QED) is 0.754. The Morgan fingerprint density at radius 1 is 1.19 bits per heavy atom. The van der Waals surface area contributed by atoms with Crippen molar-refractivity contribution in [2.24, 2.45) is 11.8 Å². The van der Waals surface area contributed by atoms with Gasteiger partial charge in [0.05, 0.1) is 0 Å². The van der Waals surface area contributed by atoms with Gasteiger partial charge in [0, 0.05) is 22.1 Å². The van der Waals surface area contributed by atoms with Crippen LogP contribution in [0.4, 0.5) is 0 Å². The van der Waals surface area contributed by atoms with Crippen LogP contribution >= 0.6 is 23.4 Å². The Bertz CT molecular complexity index is 420. The van der Waals surface area contributed by atoms with Crippen LogP contribution in [-0.4, -0.2) is 17.8 Å². The lowest BCUT2D eigenvalue weighted by molar-refractivity contribution is 0.249. The lowest BCUT2D eigenvalue weighted by Crippen LogP contribution is -2.46. The second-order valence-electron chi connectivity index (χ2n) is 6.52. The number of hydrogen-bond donors (Lipinski definition) is 1. The summed E-state index contributed by atoms with van der Waals surface area (Å²) in [6.45, 7) is 8.22. The van der Waals surface area contributed by atoms with Gasteiger partial charge in [-0.3, -0.25) is 0 Å². The maximum Gasteiger partial charge on any atom is 0.0406 e. The molecule has 0 bridgehead atoms. The highest BCUT2D eigenvalue weighted by molar-refractivity contribution is 7.99. The van der Waals surface area contributed by atoms with E-state index in [2.05, 4.69) is 50.0 Å². The van der Waals surface area contributed by atoms with Gasteiger partial charge in [-0.1, -0.05) is 44.5 Å². The molecule has 1 saturated carbocycles. The number of benzene rings is 1. The molecule has 1 fully saturated rings.